The van der Waals surface area contributed by atoms with Crippen LogP contribution >= 0.6 is 0 Å². The maximum atomic E-state index is 12.3. The molecule has 0 spiro atoms. The molecular weight excluding hydrogens is 244 g/mol. The number of nitrogens with zero attached hydrogens (tertiary/aromatic N) is 1. The second-order valence-electron chi connectivity index (χ2n) is 5.19. The quantitative estimate of drug-likeness (QED) is 0.903. The van der Waals surface area contributed by atoms with E-state index >= 15 is 0 Å². The number of ether oxygens (including phenoxy) is 1. The maximum Gasteiger partial charge on any atom is 0.244 e. The van der Waals surface area contributed by atoms with Crippen LogP contribution in [-0.4, -0.2) is 31.1 Å². The zero-order valence-corrected chi connectivity index (χ0v) is 11.4. The highest BCUT2D eigenvalue weighted by atomic mass is 16.5. The molecule has 0 radical (unpaired) electrons. The second kappa shape index (κ2) is 5.01. The highest BCUT2D eigenvalue weighted by Crippen LogP contribution is 2.30. The summed E-state index contributed by atoms with van der Waals surface area (Å²) in [7, 11) is 1.57. The fourth-order valence-corrected chi connectivity index (χ4v) is 1.99. The van der Waals surface area contributed by atoms with E-state index in [0.29, 0.717) is 5.69 Å². The number of carbonyl (C=O) groups is 2. The summed E-state index contributed by atoms with van der Waals surface area (Å²) in [6.07, 6.45) is 0.227. The number of fused-ring (bicyclic) bond motifs is 1. The Balaban J connectivity index is 2.25. The van der Waals surface area contributed by atoms with Crippen LogP contribution in [0.25, 0.3) is 0 Å². The SMILES string of the molecule is COC(C)(C)CC(=O)N1CC(=O)Nc2ccccc21. The van der Waals surface area contributed by atoms with E-state index in [9.17, 15) is 9.59 Å². The molecule has 0 aliphatic carbocycles. The summed E-state index contributed by atoms with van der Waals surface area (Å²) in [5.41, 5.74) is 0.862. The molecule has 0 aromatic heterocycles. The fourth-order valence-electron chi connectivity index (χ4n) is 1.99. The zero-order chi connectivity index (χ0) is 14.0. The number of benzene rings is 1. The molecule has 1 N–H and O–H groups in total. The van der Waals surface area contributed by atoms with E-state index in [-0.39, 0.29) is 24.8 Å². The number of hydrogen-bond acceptors (Lipinski definition) is 3. The predicted octanol–water partition coefficient (Wildman–Crippen LogP) is 1.79. The first kappa shape index (κ1) is 13.5. The minimum absolute atomic E-state index is 0.0512. The first-order valence-corrected chi connectivity index (χ1v) is 6.17. The normalized spacial score (nSPS) is 14.9. The Morgan fingerprint density at radius 3 is 2.79 bits per heavy atom. The Morgan fingerprint density at radius 2 is 2.11 bits per heavy atom. The van der Waals surface area contributed by atoms with E-state index in [1.807, 2.05) is 32.0 Å². The van der Waals surface area contributed by atoms with Crippen molar-refractivity contribution < 1.29 is 14.3 Å². The molecular formula is C14H18N2O3. The lowest BCUT2D eigenvalue weighted by molar-refractivity contribution is -0.125. The predicted molar refractivity (Wildman–Crippen MR) is 73.1 cm³/mol. The van der Waals surface area contributed by atoms with Crippen LogP contribution in [-0.2, 0) is 14.3 Å². The molecule has 19 heavy (non-hydrogen) atoms. The van der Waals surface area contributed by atoms with Gasteiger partial charge in [0.2, 0.25) is 11.8 Å². The Kier molecular flexibility index (Phi) is 3.57. The van der Waals surface area contributed by atoms with Crippen molar-refractivity contribution in [2.75, 3.05) is 23.9 Å². The second-order valence-corrected chi connectivity index (χ2v) is 5.19. The minimum atomic E-state index is -0.542. The summed E-state index contributed by atoms with van der Waals surface area (Å²) >= 11 is 0. The Bertz CT molecular complexity index is 511. The third-order valence-electron chi connectivity index (χ3n) is 3.20. The van der Waals surface area contributed by atoms with Crippen LogP contribution in [0.1, 0.15) is 20.3 Å². The van der Waals surface area contributed by atoms with Gasteiger partial charge in [-0.05, 0) is 26.0 Å². The van der Waals surface area contributed by atoms with E-state index in [0.717, 1.165) is 5.69 Å². The Labute approximate surface area is 112 Å². The lowest BCUT2D eigenvalue weighted by atomic mass is 10.0. The van der Waals surface area contributed by atoms with Crippen LogP contribution in [0.5, 0.6) is 0 Å². The average Bonchev–Trinajstić information content (AvgIpc) is 2.37. The monoisotopic (exact) mass is 262 g/mol. The summed E-state index contributed by atoms with van der Waals surface area (Å²) < 4.78 is 5.27. The molecule has 0 saturated heterocycles. The van der Waals surface area contributed by atoms with E-state index < -0.39 is 5.60 Å². The Morgan fingerprint density at radius 1 is 1.42 bits per heavy atom. The fraction of sp³-hybridized carbons (Fsp3) is 0.429. The van der Waals surface area contributed by atoms with Crippen molar-refractivity contribution in [3.8, 4) is 0 Å². The van der Waals surface area contributed by atoms with Crippen LogP contribution in [0.2, 0.25) is 0 Å². The number of carbonyl (C=O) groups excluding carboxylic acids is 2. The average molecular weight is 262 g/mol. The number of hydrogen-bond donors (Lipinski definition) is 1. The molecule has 2 rings (SSSR count). The summed E-state index contributed by atoms with van der Waals surface area (Å²) in [4.78, 5) is 25.5. The summed E-state index contributed by atoms with van der Waals surface area (Å²) in [5, 5.41) is 2.76. The third kappa shape index (κ3) is 2.93. The molecule has 1 aliphatic rings. The van der Waals surface area contributed by atoms with Crippen molar-refractivity contribution in [1.82, 2.24) is 0 Å². The molecule has 0 unspecified atom stereocenters. The van der Waals surface area contributed by atoms with E-state index in [4.69, 9.17) is 4.74 Å². The van der Waals surface area contributed by atoms with Gasteiger partial charge < -0.3 is 15.0 Å². The van der Waals surface area contributed by atoms with E-state index in [1.165, 1.54) is 4.90 Å². The van der Waals surface area contributed by atoms with E-state index in [2.05, 4.69) is 5.32 Å². The van der Waals surface area contributed by atoms with Gasteiger partial charge in [-0.15, -0.1) is 0 Å². The number of amides is 2. The minimum Gasteiger partial charge on any atom is -0.378 e. The van der Waals surface area contributed by atoms with Crippen molar-refractivity contribution >= 4 is 23.2 Å². The number of nitrogens with one attached hydrogen (secondary N) is 1. The lowest BCUT2D eigenvalue weighted by Gasteiger charge is -2.32. The van der Waals surface area contributed by atoms with Crippen LogP contribution in [0, 0.1) is 0 Å². The maximum absolute atomic E-state index is 12.3. The summed E-state index contributed by atoms with van der Waals surface area (Å²) in [6, 6.07) is 7.28. The van der Waals surface area contributed by atoms with Gasteiger partial charge in [0.15, 0.2) is 0 Å². The van der Waals surface area contributed by atoms with E-state index in [1.54, 1.807) is 13.2 Å². The molecule has 1 aromatic rings. The van der Waals surface area contributed by atoms with Crippen LogP contribution < -0.4 is 10.2 Å². The number of para-hydroxylation sites is 2. The van der Waals surface area contributed by atoms with Gasteiger partial charge in [0.1, 0.15) is 6.54 Å². The first-order valence-electron chi connectivity index (χ1n) is 6.17. The Hall–Kier alpha value is -1.88. The molecule has 0 atom stereocenters. The van der Waals surface area contributed by atoms with Gasteiger partial charge in [-0.25, -0.2) is 0 Å². The van der Waals surface area contributed by atoms with Crippen LogP contribution in [0.3, 0.4) is 0 Å². The van der Waals surface area contributed by atoms with Crippen molar-refractivity contribution in [2.45, 2.75) is 25.9 Å². The standard InChI is InChI=1S/C14H18N2O3/c1-14(2,19-3)8-13(18)16-9-12(17)15-10-6-4-5-7-11(10)16/h4-7H,8-9H2,1-3H3,(H,15,17). The third-order valence-corrected chi connectivity index (χ3v) is 3.20. The smallest absolute Gasteiger partial charge is 0.244 e. The molecule has 5 nitrogen and oxygen atoms in total. The van der Waals surface area contributed by atoms with Gasteiger partial charge in [-0.2, -0.15) is 0 Å². The molecule has 0 bridgehead atoms. The van der Waals surface area contributed by atoms with Gasteiger partial charge in [-0.3, -0.25) is 9.59 Å². The molecule has 0 fully saturated rings. The summed E-state index contributed by atoms with van der Waals surface area (Å²) in [6.45, 7) is 3.75. The zero-order valence-electron chi connectivity index (χ0n) is 11.4. The molecule has 2 amide bonds. The van der Waals surface area contributed by atoms with Crippen molar-refractivity contribution in [2.24, 2.45) is 0 Å². The van der Waals surface area contributed by atoms with Gasteiger partial charge in [0, 0.05) is 7.11 Å². The topological polar surface area (TPSA) is 58.6 Å². The molecule has 0 saturated carbocycles. The van der Waals surface area contributed by atoms with Crippen molar-refractivity contribution in [3.05, 3.63) is 24.3 Å². The highest BCUT2D eigenvalue weighted by Gasteiger charge is 2.30. The summed E-state index contributed by atoms with van der Waals surface area (Å²) in [5.74, 6) is -0.295. The lowest BCUT2D eigenvalue weighted by Crippen LogP contribution is -2.44. The molecule has 1 aromatic carbocycles. The van der Waals surface area contributed by atoms with Gasteiger partial charge in [0.05, 0.1) is 23.4 Å². The molecule has 5 heteroatoms. The van der Waals surface area contributed by atoms with Gasteiger partial charge in [-0.1, -0.05) is 12.1 Å². The van der Waals surface area contributed by atoms with Crippen molar-refractivity contribution in [3.63, 3.8) is 0 Å². The van der Waals surface area contributed by atoms with Crippen LogP contribution in [0.4, 0.5) is 11.4 Å². The molecule has 102 valence electrons. The number of rotatable bonds is 3. The first-order chi connectivity index (χ1) is 8.93. The molecule has 1 heterocycles. The number of methoxy groups -OCH3 is 1. The highest BCUT2D eigenvalue weighted by molar-refractivity contribution is 6.10. The van der Waals surface area contributed by atoms with Gasteiger partial charge >= 0.3 is 0 Å². The number of anilines is 2. The van der Waals surface area contributed by atoms with Crippen LogP contribution in [0.15, 0.2) is 24.3 Å². The van der Waals surface area contributed by atoms with Gasteiger partial charge in [0.25, 0.3) is 0 Å². The van der Waals surface area contributed by atoms with Crippen molar-refractivity contribution in [1.29, 1.82) is 0 Å². The largest absolute Gasteiger partial charge is 0.378 e. The molecule has 1 aliphatic heterocycles.